The van der Waals surface area contributed by atoms with Crippen molar-refractivity contribution in [1.29, 1.82) is 0 Å². The summed E-state index contributed by atoms with van der Waals surface area (Å²) in [6, 6.07) is 54.7. The average Bonchev–Trinajstić information content (AvgIpc) is 3.71. The summed E-state index contributed by atoms with van der Waals surface area (Å²) in [5.41, 5.74) is 11.2. The Bertz CT molecular complexity index is 3160. The molecule has 3 heterocycles. The minimum absolute atomic E-state index is 0.502. The minimum atomic E-state index is 0.502. The van der Waals surface area contributed by atoms with Gasteiger partial charge >= 0.3 is 0 Å². The fraction of sp³-hybridized carbons (Fsp3) is 0.0612. The Labute approximate surface area is 306 Å². The molecular weight excluding hydrogens is 645 g/mol. The second kappa shape index (κ2) is 11.6. The molecule has 11 rings (SSSR count). The Hall–Kier alpha value is -6.78. The predicted octanol–water partition coefficient (Wildman–Crippen LogP) is 12.6. The SMILES string of the molecule is CC1C=CC=C(c2ccc3c(-c4ccc5ccccc5c4)nc(-n4c5ccccc5c5cc6c(cc54)c4ccccc4n6-c4ccccc4)nc3c2)C1. The molecule has 0 amide bonds. The molecule has 250 valence electrons. The van der Waals surface area contributed by atoms with E-state index in [4.69, 9.17) is 9.97 Å². The largest absolute Gasteiger partial charge is 0.309 e. The highest BCUT2D eigenvalue weighted by Gasteiger charge is 2.21. The van der Waals surface area contributed by atoms with Crippen LogP contribution >= 0.6 is 0 Å². The van der Waals surface area contributed by atoms with Crippen molar-refractivity contribution in [3.8, 4) is 22.9 Å². The van der Waals surface area contributed by atoms with Crippen LogP contribution < -0.4 is 0 Å². The summed E-state index contributed by atoms with van der Waals surface area (Å²) in [5, 5.41) is 8.21. The van der Waals surface area contributed by atoms with E-state index in [1.165, 1.54) is 54.5 Å². The topological polar surface area (TPSA) is 35.6 Å². The van der Waals surface area contributed by atoms with E-state index in [-0.39, 0.29) is 0 Å². The zero-order valence-corrected chi connectivity index (χ0v) is 29.2. The molecular formula is C49H34N4. The molecule has 0 N–H and O–H groups in total. The van der Waals surface area contributed by atoms with Crippen molar-refractivity contribution in [1.82, 2.24) is 19.1 Å². The molecule has 0 saturated carbocycles. The highest BCUT2D eigenvalue weighted by atomic mass is 15.2. The Morgan fingerprint density at radius 1 is 0.509 bits per heavy atom. The van der Waals surface area contributed by atoms with Gasteiger partial charge in [0.15, 0.2) is 0 Å². The second-order valence-electron chi connectivity index (χ2n) is 14.4. The lowest BCUT2D eigenvalue weighted by Crippen LogP contribution is -2.04. The van der Waals surface area contributed by atoms with Gasteiger partial charge in [0.2, 0.25) is 5.95 Å². The summed E-state index contributed by atoms with van der Waals surface area (Å²) in [7, 11) is 0. The van der Waals surface area contributed by atoms with Crippen LogP contribution in [0.4, 0.5) is 0 Å². The number of rotatable bonds is 4. The smallest absolute Gasteiger partial charge is 0.235 e. The average molecular weight is 679 g/mol. The Morgan fingerprint density at radius 2 is 1.17 bits per heavy atom. The Balaban J connectivity index is 1.23. The van der Waals surface area contributed by atoms with Crippen LogP contribution in [0.1, 0.15) is 18.9 Å². The van der Waals surface area contributed by atoms with Gasteiger partial charge < -0.3 is 4.57 Å². The van der Waals surface area contributed by atoms with Crippen molar-refractivity contribution < 1.29 is 0 Å². The maximum Gasteiger partial charge on any atom is 0.235 e. The van der Waals surface area contributed by atoms with Crippen LogP contribution in [0.2, 0.25) is 0 Å². The van der Waals surface area contributed by atoms with Crippen LogP contribution in [0, 0.1) is 5.92 Å². The van der Waals surface area contributed by atoms with E-state index in [9.17, 15) is 0 Å². The summed E-state index contributed by atoms with van der Waals surface area (Å²) >= 11 is 0. The zero-order chi connectivity index (χ0) is 35.0. The quantitative estimate of drug-likeness (QED) is 0.186. The van der Waals surface area contributed by atoms with Crippen molar-refractivity contribution in [2.45, 2.75) is 13.3 Å². The second-order valence-corrected chi connectivity index (χ2v) is 14.4. The van der Waals surface area contributed by atoms with Gasteiger partial charge in [0.05, 0.1) is 33.3 Å². The number of hydrogen-bond acceptors (Lipinski definition) is 2. The number of hydrogen-bond donors (Lipinski definition) is 0. The number of benzene rings is 7. The van der Waals surface area contributed by atoms with E-state index in [2.05, 4.69) is 186 Å². The summed E-state index contributed by atoms with van der Waals surface area (Å²) in [4.78, 5) is 10.9. The highest BCUT2D eigenvalue weighted by Crippen LogP contribution is 2.40. The van der Waals surface area contributed by atoms with Gasteiger partial charge in [-0.15, -0.1) is 0 Å². The molecule has 0 aliphatic heterocycles. The van der Waals surface area contributed by atoms with E-state index < -0.39 is 0 Å². The first-order chi connectivity index (χ1) is 26.2. The third-order valence-corrected chi connectivity index (χ3v) is 11.0. The molecule has 10 aromatic rings. The number of aromatic nitrogens is 4. The maximum atomic E-state index is 5.49. The van der Waals surface area contributed by atoms with E-state index in [0.717, 1.165) is 45.3 Å². The molecule has 53 heavy (non-hydrogen) atoms. The molecule has 1 aliphatic rings. The number of fused-ring (bicyclic) bond motifs is 8. The monoisotopic (exact) mass is 678 g/mol. The van der Waals surface area contributed by atoms with Gasteiger partial charge in [-0.3, -0.25) is 4.57 Å². The van der Waals surface area contributed by atoms with Crippen LogP contribution in [0.3, 0.4) is 0 Å². The lowest BCUT2D eigenvalue weighted by atomic mass is 9.90. The van der Waals surface area contributed by atoms with Crippen LogP contribution in [-0.4, -0.2) is 19.1 Å². The minimum Gasteiger partial charge on any atom is -0.309 e. The molecule has 0 bridgehead atoms. The highest BCUT2D eigenvalue weighted by molar-refractivity contribution is 6.19. The molecule has 0 fully saturated rings. The van der Waals surface area contributed by atoms with Gasteiger partial charge in [-0.05, 0) is 82.8 Å². The van der Waals surface area contributed by atoms with Gasteiger partial charge in [-0.25, -0.2) is 9.97 Å². The molecule has 0 saturated heterocycles. The first kappa shape index (κ1) is 29.9. The van der Waals surface area contributed by atoms with Crippen molar-refractivity contribution in [3.63, 3.8) is 0 Å². The van der Waals surface area contributed by atoms with Crippen molar-refractivity contribution in [2.75, 3.05) is 0 Å². The van der Waals surface area contributed by atoms with E-state index >= 15 is 0 Å². The van der Waals surface area contributed by atoms with Crippen molar-refractivity contribution in [3.05, 3.63) is 175 Å². The lowest BCUT2D eigenvalue weighted by Gasteiger charge is -2.16. The molecule has 1 unspecified atom stereocenters. The molecule has 3 aromatic heterocycles. The molecule has 4 nitrogen and oxygen atoms in total. The normalized spacial score (nSPS) is 14.7. The molecule has 7 aromatic carbocycles. The van der Waals surface area contributed by atoms with Gasteiger partial charge in [-0.2, -0.15) is 0 Å². The Kier molecular flexibility index (Phi) is 6.56. The van der Waals surface area contributed by atoms with Gasteiger partial charge in [0, 0.05) is 38.2 Å². The van der Waals surface area contributed by atoms with Crippen molar-refractivity contribution in [2.24, 2.45) is 5.92 Å². The van der Waals surface area contributed by atoms with Crippen LogP contribution in [0.25, 0.3) is 93.8 Å². The van der Waals surface area contributed by atoms with E-state index in [0.29, 0.717) is 11.9 Å². The predicted molar refractivity (Wildman–Crippen MR) is 222 cm³/mol. The van der Waals surface area contributed by atoms with Crippen LogP contribution in [0.5, 0.6) is 0 Å². The summed E-state index contributed by atoms with van der Waals surface area (Å²) in [5.74, 6) is 1.17. The molecule has 1 aliphatic carbocycles. The summed E-state index contributed by atoms with van der Waals surface area (Å²) in [6.07, 6.45) is 7.72. The van der Waals surface area contributed by atoms with Gasteiger partial charge in [-0.1, -0.05) is 128 Å². The molecule has 1 atom stereocenters. The molecule has 4 heteroatoms. The number of allylic oxidation sites excluding steroid dienone is 4. The van der Waals surface area contributed by atoms with Gasteiger partial charge in [0.25, 0.3) is 0 Å². The third kappa shape index (κ3) is 4.69. The zero-order valence-electron chi connectivity index (χ0n) is 29.2. The fourth-order valence-corrected chi connectivity index (χ4v) is 8.53. The van der Waals surface area contributed by atoms with E-state index in [1.54, 1.807) is 0 Å². The maximum absolute atomic E-state index is 5.49. The van der Waals surface area contributed by atoms with Crippen molar-refractivity contribution >= 4 is 70.9 Å². The number of para-hydroxylation sites is 3. The van der Waals surface area contributed by atoms with Gasteiger partial charge in [0.1, 0.15) is 0 Å². The summed E-state index contributed by atoms with van der Waals surface area (Å²) < 4.78 is 4.66. The van der Waals surface area contributed by atoms with Crippen LogP contribution in [0.15, 0.2) is 170 Å². The lowest BCUT2D eigenvalue weighted by molar-refractivity contribution is 0.749. The van der Waals surface area contributed by atoms with E-state index in [1.807, 2.05) is 0 Å². The molecule has 0 spiro atoms. The summed E-state index contributed by atoms with van der Waals surface area (Å²) in [6.45, 7) is 2.28. The first-order valence-electron chi connectivity index (χ1n) is 18.4. The fourth-order valence-electron chi connectivity index (χ4n) is 8.53. The van der Waals surface area contributed by atoms with Crippen LogP contribution in [-0.2, 0) is 0 Å². The third-order valence-electron chi connectivity index (χ3n) is 11.0. The Morgan fingerprint density at radius 3 is 1.94 bits per heavy atom. The standard InChI is InChI=1S/C49H34N4/c1-31-12-11-15-33(26-31)35-24-25-40-43(28-35)50-49(51-48(40)36-23-22-32-13-5-6-14-34(32)27-36)53-45-21-10-8-19-39(45)42-29-46-41(30-47(42)53)38-18-7-9-20-44(38)52(46)37-16-3-2-4-17-37/h2-25,27-31H,26H2,1H3. The number of nitrogens with zero attached hydrogens (tertiary/aromatic N) is 4. The first-order valence-corrected chi connectivity index (χ1v) is 18.4. The molecule has 0 radical (unpaired) electrons.